The molecule has 0 aliphatic carbocycles. The molecule has 0 saturated heterocycles. The van der Waals surface area contributed by atoms with E-state index in [4.69, 9.17) is 0 Å². The molecule has 0 aliphatic heterocycles. The predicted octanol–water partition coefficient (Wildman–Crippen LogP) is 4.70. The third-order valence-corrected chi connectivity index (χ3v) is 5.29. The minimum absolute atomic E-state index is 0.179. The zero-order valence-electron chi connectivity index (χ0n) is 10.9. The van der Waals surface area contributed by atoms with Crippen molar-refractivity contribution in [1.29, 1.82) is 0 Å². The van der Waals surface area contributed by atoms with Crippen molar-refractivity contribution in [3.8, 4) is 5.75 Å². The Morgan fingerprint density at radius 3 is 2.00 bits per heavy atom. The van der Waals surface area contributed by atoms with E-state index in [2.05, 4.69) is 34.6 Å². The summed E-state index contributed by atoms with van der Waals surface area (Å²) in [5.41, 5.74) is 0.287. The van der Waals surface area contributed by atoms with Crippen LogP contribution in [0.5, 0.6) is 5.75 Å². The predicted molar refractivity (Wildman–Crippen MR) is 72.1 cm³/mol. The van der Waals surface area contributed by atoms with Crippen LogP contribution in [0, 0.1) is 5.41 Å². The Hall–Kier alpha value is -0.630. The maximum Gasteiger partial charge on any atom is 0.115 e. The molecule has 0 radical (unpaired) electrons. The van der Waals surface area contributed by atoms with E-state index in [1.807, 2.05) is 23.9 Å². The number of benzene rings is 1. The number of hydrogen-bond acceptors (Lipinski definition) is 2. The summed E-state index contributed by atoms with van der Waals surface area (Å²) in [5.74, 6) is 0.330. The van der Waals surface area contributed by atoms with Crippen LogP contribution in [0.4, 0.5) is 0 Å². The molecule has 0 amide bonds. The van der Waals surface area contributed by atoms with Crippen molar-refractivity contribution in [2.24, 2.45) is 5.41 Å². The summed E-state index contributed by atoms with van der Waals surface area (Å²) < 4.78 is 0.179. The van der Waals surface area contributed by atoms with Crippen molar-refractivity contribution < 1.29 is 5.11 Å². The SMILES string of the molecule is CCC(C)(C)C(C)(C)Sc1ccc(O)cc1. The second kappa shape index (κ2) is 4.70. The van der Waals surface area contributed by atoms with Crippen molar-refractivity contribution in [1.82, 2.24) is 0 Å². The molecule has 1 rings (SSSR count). The lowest BCUT2D eigenvalue weighted by Gasteiger charge is -2.40. The topological polar surface area (TPSA) is 20.2 Å². The molecule has 2 heteroatoms. The first-order valence-corrected chi connectivity index (χ1v) is 6.58. The highest BCUT2D eigenvalue weighted by atomic mass is 32.2. The van der Waals surface area contributed by atoms with E-state index in [9.17, 15) is 5.11 Å². The summed E-state index contributed by atoms with van der Waals surface area (Å²) in [6.45, 7) is 11.4. The molecule has 0 atom stereocenters. The van der Waals surface area contributed by atoms with Gasteiger partial charge in [0.1, 0.15) is 5.75 Å². The van der Waals surface area contributed by atoms with Crippen molar-refractivity contribution >= 4 is 11.8 Å². The average molecular weight is 238 g/mol. The van der Waals surface area contributed by atoms with Gasteiger partial charge in [0.2, 0.25) is 0 Å². The summed E-state index contributed by atoms with van der Waals surface area (Å²) in [6, 6.07) is 7.45. The van der Waals surface area contributed by atoms with Gasteiger partial charge in [-0.25, -0.2) is 0 Å². The van der Waals surface area contributed by atoms with Crippen LogP contribution in [0.3, 0.4) is 0 Å². The van der Waals surface area contributed by atoms with Gasteiger partial charge in [-0.2, -0.15) is 0 Å². The fourth-order valence-electron chi connectivity index (χ4n) is 1.37. The molecule has 1 aromatic carbocycles. The number of hydrogen-bond donors (Lipinski definition) is 1. The van der Waals surface area contributed by atoms with E-state index in [0.717, 1.165) is 6.42 Å². The van der Waals surface area contributed by atoms with E-state index >= 15 is 0 Å². The van der Waals surface area contributed by atoms with Crippen molar-refractivity contribution in [2.45, 2.75) is 50.7 Å². The molecule has 1 aromatic rings. The maximum absolute atomic E-state index is 9.25. The van der Waals surface area contributed by atoms with Gasteiger partial charge in [-0.1, -0.05) is 20.8 Å². The molecule has 90 valence electrons. The normalized spacial score (nSPS) is 12.8. The third-order valence-electron chi connectivity index (χ3n) is 3.72. The second-order valence-corrected chi connectivity index (χ2v) is 7.04. The van der Waals surface area contributed by atoms with Gasteiger partial charge in [0.05, 0.1) is 0 Å². The smallest absolute Gasteiger partial charge is 0.115 e. The van der Waals surface area contributed by atoms with Crippen LogP contribution in [-0.4, -0.2) is 9.85 Å². The number of phenols is 1. The Kier molecular flexibility index (Phi) is 3.95. The van der Waals surface area contributed by atoms with E-state index in [1.54, 1.807) is 12.1 Å². The Morgan fingerprint density at radius 1 is 1.06 bits per heavy atom. The summed E-state index contributed by atoms with van der Waals surface area (Å²) in [4.78, 5) is 1.21. The fourth-order valence-corrected chi connectivity index (χ4v) is 2.65. The Labute approximate surface area is 103 Å². The van der Waals surface area contributed by atoms with E-state index in [1.165, 1.54) is 4.90 Å². The molecule has 0 aromatic heterocycles. The standard InChI is InChI=1S/C14H22OS/c1-6-13(2,3)14(4,5)16-12-9-7-11(15)8-10-12/h7-10,15H,6H2,1-5H3. The highest BCUT2D eigenvalue weighted by Crippen LogP contribution is 2.47. The van der Waals surface area contributed by atoms with Gasteiger partial charge >= 0.3 is 0 Å². The van der Waals surface area contributed by atoms with Crippen LogP contribution in [0.1, 0.15) is 41.0 Å². The van der Waals surface area contributed by atoms with Gasteiger partial charge in [0.25, 0.3) is 0 Å². The Morgan fingerprint density at radius 2 is 1.56 bits per heavy atom. The van der Waals surface area contributed by atoms with Gasteiger partial charge in [0, 0.05) is 9.64 Å². The molecule has 0 saturated carbocycles. The summed E-state index contributed by atoms with van der Waals surface area (Å²) >= 11 is 1.87. The highest BCUT2D eigenvalue weighted by molar-refractivity contribution is 8.00. The van der Waals surface area contributed by atoms with E-state index < -0.39 is 0 Å². The van der Waals surface area contributed by atoms with Crippen molar-refractivity contribution in [3.63, 3.8) is 0 Å². The minimum atomic E-state index is 0.179. The number of phenolic OH excluding ortho intramolecular Hbond substituents is 1. The quantitative estimate of drug-likeness (QED) is 0.767. The van der Waals surface area contributed by atoms with Crippen molar-refractivity contribution in [3.05, 3.63) is 24.3 Å². The van der Waals surface area contributed by atoms with Crippen LogP contribution in [0.15, 0.2) is 29.2 Å². The monoisotopic (exact) mass is 238 g/mol. The van der Waals surface area contributed by atoms with Crippen LogP contribution in [0.2, 0.25) is 0 Å². The molecule has 0 heterocycles. The van der Waals surface area contributed by atoms with Crippen LogP contribution >= 0.6 is 11.8 Å². The first-order chi connectivity index (χ1) is 7.28. The van der Waals surface area contributed by atoms with Crippen LogP contribution in [-0.2, 0) is 0 Å². The molecule has 0 spiro atoms. The molecule has 1 N–H and O–H groups in total. The van der Waals surface area contributed by atoms with Crippen molar-refractivity contribution in [2.75, 3.05) is 0 Å². The molecular weight excluding hydrogens is 216 g/mol. The Balaban J connectivity index is 2.84. The van der Waals surface area contributed by atoms with Gasteiger partial charge in [-0.05, 0) is 49.9 Å². The molecule has 0 fully saturated rings. The maximum atomic E-state index is 9.25. The Bertz CT molecular complexity index is 338. The van der Waals surface area contributed by atoms with Gasteiger partial charge in [-0.3, -0.25) is 0 Å². The lowest BCUT2D eigenvalue weighted by molar-refractivity contribution is 0.272. The molecule has 0 aliphatic rings. The molecule has 1 nitrogen and oxygen atoms in total. The number of aromatic hydroxyl groups is 1. The molecule has 16 heavy (non-hydrogen) atoms. The van der Waals surface area contributed by atoms with Gasteiger partial charge < -0.3 is 5.11 Å². The zero-order valence-corrected chi connectivity index (χ0v) is 11.7. The molecular formula is C14H22OS. The lowest BCUT2D eigenvalue weighted by atomic mass is 9.78. The average Bonchev–Trinajstić information content (AvgIpc) is 2.21. The zero-order chi connectivity index (χ0) is 12.4. The molecule has 0 unspecified atom stereocenters. The van der Waals surface area contributed by atoms with E-state index in [-0.39, 0.29) is 10.2 Å². The third kappa shape index (κ3) is 2.94. The van der Waals surface area contributed by atoms with Gasteiger partial charge in [-0.15, -0.1) is 11.8 Å². The first kappa shape index (κ1) is 13.4. The number of rotatable bonds is 4. The second-order valence-electron chi connectivity index (χ2n) is 5.34. The minimum Gasteiger partial charge on any atom is -0.508 e. The van der Waals surface area contributed by atoms with E-state index in [0.29, 0.717) is 5.75 Å². The number of thioether (sulfide) groups is 1. The van der Waals surface area contributed by atoms with Gasteiger partial charge in [0.15, 0.2) is 0 Å². The largest absolute Gasteiger partial charge is 0.508 e. The summed E-state index contributed by atoms with van der Waals surface area (Å²) in [5, 5.41) is 9.25. The van der Waals surface area contributed by atoms with Crippen LogP contribution in [0.25, 0.3) is 0 Å². The highest BCUT2D eigenvalue weighted by Gasteiger charge is 2.36. The molecule has 0 bridgehead atoms. The summed E-state index contributed by atoms with van der Waals surface area (Å²) in [7, 11) is 0. The first-order valence-electron chi connectivity index (χ1n) is 5.76. The lowest BCUT2D eigenvalue weighted by Crippen LogP contribution is -2.35. The summed E-state index contributed by atoms with van der Waals surface area (Å²) in [6.07, 6.45) is 1.16. The van der Waals surface area contributed by atoms with Crippen LogP contribution < -0.4 is 0 Å². The fraction of sp³-hybridized carbons (Fsp3) is 0.571.